The number of hydrogen-bond acceptors (Lipinski definition) is 3. The van der Waals surface area contributed by atoms with Gasteiger partial charge in [-0.25, -0.2) is 0 Å². The summed E-state index contributed by atoms with van der Waals surface area (Å²) in [4.78, 5) is 11.8. The van der Waals surface area contributed by atoms with Gasteiger partial charge in [-0.1, -0.05) is 12.8 Å². The molecule has 0 aromatic heterocycles. The summed E-state index contributed by atoms with van der Waals surface area (Å²) < 4.78 is 0. The van der Waals surface area contributed by atoms with Gasteiger partial charge in [-0.2, -0.15) is 0 Å². The highest BCUT2D eigenvalue weighted by Gasteiger charge is 2.33. The Balaban J connectivity index is 1.96. The molecule has 3 N–H and O–H groups in total. The van der Waals surface area contributed by atoms with Crippen LogP contribution in [-0.2, 0) is 4.79 Å². The number of anilines is 1. The van der Waals surface area contributed by atoms with Crippen LogP contribution in [0.4, 0.5) is 5.69 Å². The fourth-order valence-corrected chi connectivity index (χ4v) is 2.45. The number of aryl methyl sites for hydroxylation is 1. The van der Waals surface area contributed by atoms with Crippen molar-refractivity contribution < 1.29 is 15.0 Å². The van der Waals surface area contributed by atoms with Crippen molar-refractivity contribution in [1.29, 1.82) is 0 Å². The Hall–Kier alpha value is -1.55. The number of aromatic hydroxyl groups is 1. The maximum atomic E-state index is 11.8. The first-order valence-electron chi connectivity index (χ1n) is 6.30. The maximum Gasteiger partial charge on any atom is 0.227 e. The Labute approximate surface area is 107 Å². The van der Waals surface area contributed by atoms with Crippen molar-refractivity contribution >= 4 is 11.6 Å². The van der Waals surface area contributed by atoms with Crippen LogP contribution < -0.4 is 5.32 Å². The molecular weight excluding hydrogens is 230 g/mol. The molecule has 4 nitrogen and oxygen atoms in total. The van der Waals surface area contributed by atoms with E-state index in [2.05, 4.69) is 5.32 Å². The van der Waals surface area contributed by atoms with E-state index in [1.807, 2.05) is 0 Å². The van der Waals surface area contributed by atoms with Gasteiger partial charge in [-0.15, -0.1) is 0 Å². The van der Waals surface area contributed by atoms with E-state index in [-0.39, 0.29) is 18.1 Å². The van der Waals surface area contributed by atoms with Crippen LogP contribution in [0.5, 0.6) is 5.75 Å². The Morgan fingerprint density at radius 2 is 2.06 bits per heavy atom. The molecule has 1 saturated carbocycles. The molecular formula is C14H19NO3. The fourth-order valence-electron chi connectivity index (χ4n) is 2.45. The van der Waals surface area contributed by atoms with Crippen LogP contribution in [0.3, 0.4) is 0 Å². The van der Waals surface area contributed by atoms with Crippen LogP contribution >= 0.6 is 0 Å². The molecule has 1 aromatic rings. The number of nitrogens with one attached hydrogen (secondary N) is 1. The Morgan fingerprint density at radius 1 is 1.39 bits per heavy atom. The summed E-state index contributed by atoms with van der Waals surface area (Å²) in [5.74, 6) is 0.0342. The van der Waals surface area contributed by atoms with E-state index in [9.17, 15) is 15.0 Å². The minimum Gasteiger partial charge on any atom is -0.508 e. The molecule has 98 valence electrons. The average molecular weight is 249 g/mol. The summed E-state index contributed by atoms with van der Waals surface area (Å²) in [5, 5.41) is 22.3. The summed E-state index contributed by atoms with van der Waals surface area (Å²) >= 11 is 0. The zero-order chi connectivity index (χ0) is 13.2. The third kappa shape index (κ3) is 3.01. The van der Waals surface area contributed by atoms with E-state index >= 15 is 0 Å². The number of aliphatic hydroxyl groups is 1. The topological polar surface area (TPSA) is 69.6 Å². The van der Waals surface area contributed by atoms with Gasteiger partial charge >= 0.3 is 0 Å². The van der Waals surface area contributed by atoms with E-state index in [4.69, 9.17) is 0 Å². The van der Waals surface area contributed by atoms with Crippen LogP contribution in [0, 0.1) is 6.92 Å². The largest absolute Gasteiger partial charge is 0.508 e. The van der Waals surface area contributed by atoms with Crippen molar-refractivity contribution in [3.63, 3.8) is 0 Å². The Kier molecular flexibility index (Phi) is 3.57. The quantitative estimate of drug-likeness (QED) is 0.720. The smallest absolute Gasteiger partial charge is 0.227 e. The van der Waals surface area contributed by atoms with Crippen molar-refractivity contribution in [2.45, 2.75) is 44.6 Å². The second-order valence-electron chi connectivity index (χ2n) is 5.16. The highest BCUT2D eigenvalue weighted by atomic mass is 16.3. The average Bonchev–Trinajstić information content (AvgIpc) is 2.70. The molecule has 1 amide bonds. The number of carbonyl (C=O) groups excluding carboxylic acids is 1. The van der Waals surface area contributed by atoms with Gasteiger partial charge in [-0.05, 0) is 43.5 Å². The molecule has 1 aliphatic carbocycles. The molecule has 2 rings (SSSR count). The van der Waals surface area contributed by atoms with Gasteiger partial charge in [0.2, 0.25) is 5.91 Å². The van der Waals surface area contributed by atoms with Crippen LogP contribution in [0.1, 0.15) is 37.7 Å². The molecule has 0 atom stereocenters. The minimum atomic E-state index is -0.823. The number of phenolic OH excluding ortho intramolecular Hbond substituents is 1. The predicted molar refractivity (Wildman–Crippen MR) is 69.5 cm³/mol. The second-order valence-corrected chi connectivity index (χ2v) is 5.16. The lowest BCUT2D eigenvalue weighted by Gasteiger charge is -2.21. The monoisotopic (exact) mass is 249 g/mol. The van der Waals surface area contributed by atoms with Crippen molar-refractivity contribution in [2.24, 2.45) is 0 Å². The van der Waals surface area contributed by atoms with Crippen LogP contribution in [0.15, 0.2) is 18.2 Å². The van der Waals surface area contributed by atoms with E-state index in [1.165, 1.54) is 0 Å². The van der Waals surface area contributed by atoms with Gasteiger partial charge < -0.3 is 15.5 Å². The zero-order valence-electron chi connectivity index (χ0n) is 10.6. The van der Waals surface area contributed by atoms with E-state index in [0.29, 0.717) is 24.1 Å². The first-order chi connectivity index (χ1) is 8.48. The number of benzene rings is 1. The summed E-state index contributed by atoms with van der Waals surface area (Å²) in [6.45, 7) is 1.77. The Morgan fingerprint density at radius 3 is 2.67 bits per heavy atom. The SMILES string of the molecule is Cc1cc(NC(=O)CC2(O)CCCC2)ccc1O. The fraction of sp³-hybridized carbons (Fsp3) is 0.500. The van der Waals surface area contributed by atoms with Crippen LogP contribution in [0.25, 0.3) is 0 Å². The highest BCUT2D eigenvalue weighted by molar-refractivity contribution is 5.91. The lowest BCUT2D eigenvalue weighted by molar-refractivity contribution is -0.120. The molecule has 0 bridgehead atoms. The zero-order valence-corrected chi connectivity index (χ0v) is 10.6. The summed E-state index contributed by atoms with van der Waals surface area (Å²) in [7, 11) is 0. The van der Waals surface area contributed by atoms with E-state index in [1.54, 1.807) is 25.1 Å². The molecule has 1 aliphatic rings. The van der Waals surface area contributed by atoms with Gasteiger partial charge in [0.05, 0.1) is 12.0 Å². The first-order valence-corrected chi connectivity index (χ1v) is 6.30. The maximum absolute atomic E-state index is 11.8. The third-order valence-electron chi connectivity index (χ3n) is 3.50. The molecule has 0 aliphatic heterocycles. The number of rotatable bonds is 3. The van der Waals surface area contributed by atoms with Gasteiger partial charge in [0, 0.05) is 5.69 Å². The standard InChI is InChI=1S/C14H19NO3/c1-10-8-11(4-5-12(10)16)15-13(17)9-14(18)6-2-3-7-14/h4-5,8,16,18H,2-3,6-7,9H2,1H3,(H,15,17). The second kappa shape index (κ2) is 4.98. The molecule has 1 aromatic carbocycles. The molecule has 0 spiro atoms. The van der Waals surface area contributed by atoms with Crippen LogP contribution in [-0.4, -0.2) is 21.7 Å². The summed E-state index contributed by atoms with van der Waals surface area (Å²) in [6.07, 6.45) is 3.53. The predicted octanol–water partition coefficient (Wildman–Crippen LogP) is 2.33. The van der Waals surface area contributed by atoms with E-state index in [0.717, 1.165) is 12.8 Å². The molecule has 0 saturated heterocycles. The van der Waals surface area contributed by atoms with Crippen molar-refractivity contribution in [2.75, 3.05) is 5.32 Å². The van der Waals surface area contributed by atoms with Crippen molar-refractivity contribution in [3.05, 3.63) is 23.8 Å². The molecule has 4 heteroatoms. The van der Waals surface area contributed by atoms with Gasteiger partial charge in [0.15, 0.2) is 0 Å². The summed E-state index contributed by atoms with van der Waals surface area (Å²) in [6, 6.07) is 4.92. The lowest BCUT2D eigenvalue weighted by Crippen LogP contribution is -2.30. The number of phenols is 1. The molecule has 1 fully saturated rings. The van der Waals surface area contributed by atoms with Gasteiger partial charge in [0.1, 0.15) is 5.75 Å². The molecule has 0 heterocycles. The minimum absolute atomic E-state index is 0.146. The number of amides is 1. The number of hydrogen-bond donors (Lipinski definition) is 3. The normalized spacial score (nSPS) is 17.7. The van der Waals surface area contributed by atoms with Crippen LogP contribution in [0.2, 0.25) is 0 Å². The highest BCUT2D eigenvalue weighted by Crippen LogP contribution is 2.32. The van der Waals surface area contributed by atoms with E-state index < -0.39 is 5.60 Å². The molecule has 0 radical (unpaired) electrons. The first kappa shape index (κ1) is 12.9. The summed E-state index contributed by atoms with van der Waals surface area (Å²) in [5.41, 5.74) is 0.542. The van der Waals surface area contributed by atoms with Gasteiger partial charge in [0.25, 0.3) is 0 Å². The number of carbonyl (C=O) groups is 1. The Bertz CT molecular complexity index is 450. The molecule has 0 unspecified atom stereocenters. The van der Waals surface area contributed by atoms with Gasteiger partial charge in [-0.3, -0.25) is 4.79 Å². The molecule has 18 heavy (non-hydrogen) atoms. The third-order valence-corrected chi connectivity index (χ3v) is 3.50. The lowest BCUT2D eigenvalue weighted by atomic mass is 9.97. The van der Waals surface area contributed by atoms with Crippen molar-refractivity contribution in [3.8, 4) is 5.75 Å². The van der Waals surface area contributed by atoms with Crippen molar-refractivity contribution in [1.82, 2.24) is 0 Å².